The van der Waals surface area contributed by atoms with Crippen LogP contribution in [-0.4, -0.2) is 16.2 Å². The van der Waals surface area contributed by atoms with Crippen molar-refractivity contribution >= 4 is 34.8 Å². The molecule has 1 heterocycles. The lowest BCUT2D eigenvalue weighted by molar-refractivity contribution is -0.120. The molecule has 0 fully saturated rings. The molecule has 0 aliphatic carbocycles. The minimum absolute atomic E-state index is 0.170. The molecule has 1 aromatic heterocycles. The molecule has 1 N–H and O–H groups in total. The summed E-state index contributed by atoms with van der Waals surface area (Å²) < 4.78 is 1.90. The highest BCUT2D eigenvalue weighted by molar-refractivity contribution is 6.42. The van der Waals surface area contributed by atoms with E-state index < -0.39 is 0 Å². The molecule has 4 nitrogen and oxygen atoms in total. The van der Waals surface area contributed by atoms with Gasteiger partial charge in [-0.2, -0.15) is 5.10 Å². The van der Waals surface area contributed by atoms with Crippen LogP contribution in [0.15, 0.2) is 41.6 Å². The van der Waals surface area contributed by atoms with Gasteiger partial charge < -0.3 is 4.57 Å². The first-order valence-electron chi connectivity index (χ1n) is 6.36. The van der Waals surface area contributed by atoms with E-state index in [1.165, 1.54) is 0 Å². The van der Waals surface area contributed by atoms with E-state index in [0.29, 0.717) is 15.8 Å². The van der Waals surface area contributed by atoms with Gasteiger partial charge in [0.1, 0.15) is 0 Å². The van der Waals surface area contributed by atoms with Crippen molar-refractivity contribution < 1.29 is 4.79 Å². The van der Waals surface area contributed by atoms with Crippen LogP contribution in [0.5, 0.6) is 0 Å². The minimum Gasteiger partial charge on any atom is -0.354 e. The summed E-state index contributed by atoms with van der Waals surface area (Å²) >= 11 is 11.8. The normalized spacial score (nSPS) is 11.5. The fourth-order valence-electron chi connectivity index (χ4n) is 1.82. The molecule has 0 radical (unpaired) electrons. The SMILES string of the molecule is C/C(=N/NC(=O)Cc1cccn1C)c1ccc(Cl)c(Cl)c1. The predicted octanol–water partition coefficient (Wildman–Crippen LogP) is 3.41. The molecule has 0 unspecified atom stereocenters. The van der Waals surface area contributed by atoms with E-state index in [0.717, 1.165) is 11.3 Å². The Kier molecular flexibility index (Phi) is 5.04. The molecule has 0 aliphatic rings. The minimum atomic E-state index is -0.170. The first-order valence-corrected chi connectivity index (χ1v) is 7.11. The van der Waals surface area contributed by atoms with E-state index in [2.05, 4.69) is 10.5 Å². The van der Waals surface area contributed by atoms with Crippen LogP contribution in [0.4, 0.5) is 0 Å². The molecule has 0 saturated heterocycles. The molecule has 1 aromatic carbocycles. The van der Waals surface area contributed by atoms with E-state index in [-0.39, 0.29) is 12.3 Å². The van der Waals surface area contributed by atoms with Crippen molar-refractivity contribution in [1.82, 2.24) is 9.99 Å². The number of carbonyl (C=O) groups excluding carboxylic acids is 1. The third-order valence-electron chi connectivity index (χ3n) is 3.08. The zero-order valence-electron chi connectivity index (χ0n) is 11.7. The number of benzene rings is 1. The fourth-order valence-corrected chi connectivity index (χ4v) is 2.11. The molecular weight excluding hydrogens is 309 g/mol. The lowest BCUT2D eigenvalue weighted by Crippen LogP contribution is -2.22. The maximum absolute atomic E-state index is 11.8. The van der Waals surface area contributed by atoms with Crippen LogP contribution in [-0.2, 0) is 18.3 Å². The van der Waals surface area contributed by atoms with Gasteiger partial charge in [-0.3, -0.25) is 4.79 Å². The molecule has 2 rings (SSSR count). The molecular formula is C15H15Cl2N3O. The van der Waals surface area contributed by atoms with Gasteiger partial charge in [0.15, 0.2) is 0 Å². The van der Waals surface area contributed by atoms with E-state index in [9.17, 15) is 4.79 Å². The molecule has 110 valence electrons. The van der Waals surface area contributed by atoms with Crippen LogP contribution >= 0.6 is 23.2 Å². The summed E-state index contributed by atoms with van der Waals surface area (Å²) in [6.45, 7) is 1.79. The fraction of sp³-hybridized carbons (Fsp3) is 0.200. The summed E-state index contributed by atoms with van der Waals surface area (Å²) in [5, 5.41) is 5.03. The van der Waals surface area contributed by atoms with Crippen molar-refractivity contribution in [3.63, 3.8) is 0 Å². The van der Waals surface area contributed by atoms with Crippen LogP contribution in [0.1, 0.15) is 18.2 Å². The van der Waals surface area contributed by atoms with Gasteiger partial charge in [0, 0.05) is 18.9 Å². The highest BCUT2D eigenvalue weighted by atomic mass is 35.5. The van der Waals surface area contributed by atoms with Crippen molar-refractivity contribution in [2.75, 3.05) is 0 Å². The van der Waals surface area contributed by atoms with Gasteiger partial charge in [-0.1, -0.05) is 29.3 Å². The van der Waals surface area contributed by atoms with Gasteiger partial charge in [-0.05, 0) is 36.8 Å². The second kappa shape index (κ2) is 6.78. The molecule has 0 saturated carbocycles. The highest BCUT2D eigenvalue weighted by Crippen LogP contribution is 2.22. The number of nitrogens with one attached hydrogen (secondary N) is 1. The first kappa shape index (κ1) is 15.6. The summed E-state index contributed by atoms with van der Waals surface area (Å²) in [6, 6.07) is 9.01. The molecule has 2 aromatic rings. The number of hydrogen-bond acceptors (Lipinski definition) is 2. The number of hydrazone groups is 1. The Morgan fingerprint density at radius 2 is 2.05 bits per heavy atom. The largest absolute Gasteiger partial charge is 0.354 e. The van der Waals surface area contributed by atoms with Gasteiger partial charge in [-0.25, -0.2) is 5.43 Å². The Morgan fingerprint density at radius 3 is 2.67 bits per heavy atom. The predicted molar refractivity (Wildman–Crippen MR) is 85.9 cm³/mol. The number of amides is 1. The molecule has 0 spiro atoms. The average molecular weight is 324 g/mol. The zero-order chi connectivity index (χ0) is 15.4. The third-order valence-corrected chi connectivity index (χ3v) is 3.82. The number of aryl methyl sites for hydroxylation is 1. The Morgan fingerprint density at radius 1 is 1.29 bits per heavy atom. The van der Waals surface area contributed by atoms with Crippen LogP contribution in [0.2, 0.25) is 10.0 Å². The van der Waals surface area contributed by atoms with Gasteiger partial charge in [-0.15, -0.1) is 0 Å². The number of hydrogen-bond donors (Lipinski definition) is 1. The number of nitrogens with zero attached hydrogens (tertiary/aromatic N) is 2. The maximum Gasteiger partial charge on any atom is 0.246 e. The second-order valence-electron chi connectivity index (χ2n) is 4.65. The molecule has 0 atom stereocenters. The van der Waals surface area contributed by atoms with Crippen molar-refractivity contribution in [2.45, 2.75) is 13.3 Å². The lowest BCUT2D eigenvalue weighted by atomic mass is 10.1. The standard InChI is InChI=1S/C15H15Cl2N3O/c1-10(11-5-6-13(16)14(17)8-11)18-19-15(21)9-12-4-3-7-20(12)2/h3-8H,9H2,1-2H3,(H,19,21)/b18-10-. The van der Waals surface area contributed by atoms with Crippen molar-refractivity contribution in [1.29, 1.82) is 0 Å². The number of aromatic nitrogens is 1. The van der Waals surface area contributed by atoms with E-state index >= 15 is 0 Å². The summed E-state index contributed by atoms with van der Waals surface area (Å²) in [5.74, 6) is -0.170. The van der Waals surface area contributed by atoms with E-state index in [1.54, 1.807) is 25.1 Å². The van der Waals surface area contributed by atoms with Gasteiger partial charge in [0.25, 0.3) is 0 Å². The molecule has 1 amide bonds. The molecule has 0 aliphatic heterocycles. The first-order chi connectivity index (χ1) is 9.97. The number of carbonyl (C=O) groups is 1. The van der Waals surface area contributed by atoms with Gasteiger partial charge in [0.05, 0.1) is 22.2 Å². The van der Waals surface area contributed by atoms with Crippen LogP contribution < -0.4 is 5.43 Å². The Bertz CT molecular complexity index is 692. The molecule has 0 bridgehead atoms. The second-order valence-corrected chi connectivity index (χ2v) is 5.46. The Labute approximate surface area is 133 Å². The van der Waals surface area contributed by atoms with Gasteiger partial charge >= 0.3 is 0 Å². The Hall–Kier alpha value is -1.78. The smallest absolute Gasteiger partial charge is 0.246 e. The summed E-state index contributed by atoms with van der Waals surface area (Å²) in [4.78, 5) is 11.8. The Balaban J connectivity index is 2.01. The van der Waals surface area contributed by atoms with Crippen molar-refractivity contribution in [2.24, 2.45) is 12.1 Å². The monoisotopic (exact) mass is 323 g/mol. The number of rotatable bonds is 4. The zero-order valence-corrected chi connectivity index (χ0v) is 13.2. The van der Waals surface area contributed by atoms with Crippen LogP contribution in [0.25, 0.3) is 0 Å². The molecule has 21 heavy (non-hydrogen) atoms. The van der Waals surface area contributed by atoms with Crippen molar-refractivity contribution in [3.05, 3.63) is 57.8 Å². The number of halogens is 2. The maximum atomic E-state index is 11.8. The average Bonchev–Trinajstić information content (AvgIpc) is 2.84. The quantitative estimate of drug-likeness (QED) is 0.680. The highest BCUT2D eigenvalue weighted by Gasteiger charge is 2.06. The third kappa shape index (κ3) is 4.09. The van der Waals surface area contributed by atoms with Gasteiger partial charge in [0.2, 0.25) is 5.91 Å². The van der Waals surface area contributed by atoms with E-state index in [1.807, 2.05) is 29.9 Å². The summed E-state index contributed by atoms with van der Waals surface area (Å²) in [5.41, 5.74) is 4.94. The lowest BCUT2D eigenvalue weighted by Gasteiger charge is -2.05. The van der Waals surface area contributed by atoms with Crippen LogP contribution in [0, 0.1) is 0 Å². The van der Waals surface area contributed by atoms with Crippen molar-refractivity contribution in [3.8, 4) is 0 Å². The summed E-state index contributed by atoms with van der Waals surface area (Å²) in [7, 11) is 1.90. The van der Waals surface area contributed by atoms with E-state index in [4.69, 9.17) is 23.2 Å². The summed E-state index contributed by atoms with van der Waals surface area (Å²) in [6.07, 6.45) is 2.18. The van der Waals surface area contributed by atoms with Crippen LogP contribution in [0.3, 0.4) is 0 Å². The topological polar surface area (TPSA) is 46.4 Å². The molecule has 6 heteroatoms.